The van der Waals surface area contributed by atoms with Gasteiger partial charge in [0.2, 0.25) is 0 Å². The second-order valence-electron chi connectivity index (χ2n) is 6.86. The van der Waals surface area contributed by atoms with Gasteiger partial charge in [-0.25, -0.2) is 0 Å². The van der Waals surface area contributed by atoms with Crippen LogP contribution in [0.5, 0.6) is 5.75 Å². The van der Waals surface area contributed by atoms with Crippen molar-refractivity contribution in [2.24, 2.45) is 5.92 Å². The van der Waals surface area contributed by atoms with Gasteiger partial charge < -0.3 is 19.5 Å². The van der Waals surface area contributed by atoms with Gasteiger partial charge in [-0.1, -0.05) is 19.1 Å². The molecule has 0 bridgehead atoms. The molecule has 0 unspecified atom stereocenters. The Morgan fingerprint density at radius 2 is 2.12 bits per heavy atom. The Labute approximate surface area is 144 Å². The average molecular weight is 335 g/mol. The number of carbonyl (C=O) groups is 1. The van der Waals surface area contributed by atoms with Crippen LogP contribution in [-0.4, -0.2) is 49.8 Å². The van der Waals surface area contributed by atoms with Crippen LogP contribution in [0.3, 0.4) is 0 Å². The fourth-order valence-corrected chi connectivity index (χ4v) is 3.54. The Bertz CT molecular complexity index is 560. The third-order valence-corrected chi connectivity index (χ3v) is 4.79. The summed E-state index contributed by atoms with van der Waals surface area (Å²) < 4.78 is 10.8. The second kappa shape index (κ2) is 7.99. The maximum Gasteiger partial charge on any atom is 0.305 e. The highest BCUT2D eigenvalue weighted by atomic mass is 16.5. The van der Waals surface area contributed by atoms with Crippen molar-refractivity contribution in [3.05, 3.63) is 29.8 Å². The van der Waals surface area contributed by atoms with Gasteiger partial charge >= 0.3 is 5.97 Å². The number of rotatable bonds is 6. The first-order valence-electron chi connectivity index (χ1n) is 8.60. The highest BCUT2D eigenvalue weighted by molar-refractivity contribution is 5.69. The minimum absolute atomic E-state index is 0.0798. The normalized spacial score (nSPS) is 27.1. The van der Waals surface area contributed by atoms with Gasteiger partial charge in [-0.2, -0.15) is 0 Å². The van der Waals surface area contributed by atoms with Crippen LogP contribution in [0.15, 0.2) is 24.3 Å². The molecule has 2 rings (SSSR count). The van der Waals surface area contributed by atoms with E-state index in [9.17, 15) is 9.90 Å². The topological polar surface area (TPSA) is 59.0 Å². The molecule has 1 fully saturated rings. The van der Waals surface area contributed by atoms with Crippen molar-refractivity contribution in [3.63, 3.8) is 0 Å². The van der Waals surface area contributed by atoms with Crippen LogP contribution in [0, 0.1) is 5.92 Å². The van der Waals surface area contributed by atoms with Crippen LogP contribution in [0.1, 0.15) is 38.2 Å². The van der Waals surface area contributed by atoms with Gasteiger partial charge in [-0.15, -0.1) is 0 Å². The molecule has 1 aromatic carbocycles. The Morgan fingerprint density at radius 1 is 1.38 bits per heavy atom. The predicted octanol–water partition coefficient (Wildman–Crippen LogP) is 2.57. The zero-order valence-corrected chi connectivity index (χ0v) is 15.1. The minimum Gasteiger partial charge on any atom is -0.497 e. The number of hydrogen-bond acceptors (Lipinski definition) is 5. The van der Waals surface area contributed by atoms with Gasteiger partial charge in [0.15, 0.2) is 0 Å². The summed E-state index contributed by atoms with van der Waals surface area (Å²) in [5.74, 6) is 0.590. The molecule has 0 spiro atoms. The molecule has 1 saturated carbocycles. The van der Waals surface area contributed by atoms with Crippen LogP contribution in [-0.2, 0) is 15.1 Å². The van der Waals surface area contributed by atoms with Gasteiger partial charge in [0.25, 0.3) is 0 Å². The Hall–Kier alpha value is -1.59. The molecule has 0 radical (unpaired) electrons. The van der Waals surface area contributed by atoms with Crippen molar-refractivity contribution in [1.82, 2.24) is 4.90 Å². The number of methoxy groups -OCH3 is 1. The van der Waals surface area contributed by atoms with E-state index >= 15 is 0 Å². The summed E-state index contributed by atoms with van der Waals surface area (Å²) in [6.45, 7) is 2.57. The van der Waals surface area contributed by atoms with Gasteiger partial charge in [-0.05, 0) is 44.6 Å². The monoisotopic (exact) mass is 335 g/mol. The Morgan fingerprint density at radius 3 is 2.75 bits per heavy atom. The van der Waals surface area contributed by atoms with Crippen LogP contribution >= 0.6 is 0 Å². The predicted molar refractivity (Wildman–Crippen MR) is 93.0 cm³/mol. The molecular formula is C19H29NO4. The molecule has 1 aliphatic rings. The van der Waals surface area contributed by atoms with E-state index in [1.165, 1.54) is 0 Å². The average Bonchev–Trinajstić information content (AvgIpc) is 2.57. The first kappa shape index (κ1) is 18.7. The molecule has 1 aromatic rings. The van der Waals surface area contributed by atoms with Crippen molar-refractivity contribution >= 4 is 5.97 Å². The smallest absolute Gasteiger partial charge is 0.305 e. The zero-order valence-electron chi connectivity index (χ0n) is 15.1. The summed E-state index contributed by atoms with van der Waals surface area (Å²) in [7, 11) is 5.64. The number of nitrogens with zero attached hydrogens (tertiary/aromatic N) is 1. The molecule has 5 heteroatoms. The van der Waals surface area contributed by atoms with Crippen LogP contribution < -0.4 is 4.74 Å². The van der Waals surface area contributed by atoms with Crippen LogP contribution in [0.25, 0.3) is 0 Å². The van der Waals surface area contributed by atoms with E-state index in [0.29, 0.717) is 12.8 Å². The summed E-state index contributed by atoms with van der Waals surface area (Å²) in [5, 5.41) is 11.6. The van der Waals surface area contributed by atoms with Crippen molar-refractivity contribution in [2.45, 2.75) is 44.3 Å². The second-order valence-corrected chi connectivity index (χ2v) is 6.86. The molecule has 24 heavy (non-hydrogen) atoms. The van der Waals surface area contributed by atoms with Gasteiger partial charge in [0.1, 0.15) is 11.9 Å². The third kappa shape index (κ3) is 4.28. The highest BCUT2D eigenvalue weighted by Gasteiger charge is 2.45. The number of hydrogen-bond donors (Lipinski definition) is 1. The van der Waals surface area contributed by atoms with Crippen molar-refractivity contribution in [3.8, 4) is 5.75 Å². The molecule has 0 amide bonds. The maximum absolute atomic E-state index is 11.7. The Kier molecular flexibility index (Phi) is 6.24. The van der Waals surface area contributed by atoms with E-state index in [1.807, 2.05) is 38.4 Å². The summed E-state index contributed by atoms with van der Waals surface area (Å²) in [4.78, 5) is 13.7. The lowest BCUT2D eigenvalue weighted by Gasteiger charge is -2.44. The lowest BCUT2D eigenvalue weighted by molar-refractivity contribution is -0.161. The molecule has 0 aliphatic heterocycles. The van der Waals surface area contributed by atoms with E-state index < -0.39 is 5.60 Å². The summed E-state index contributed by atoms with van der Waals surface area (Å²) in [5.41, 5.74) is -0.207. The molecule has 5 nitrogen and oxygen atoms in total. The first-order chi connectivity index (χ1) is 11.4. The first-order valence-corrected chi connectivity index (χ1v) is 8.60. The van der Waals surface area contributed by atoms with Gasteiger partial charge in [0, 0.05) is 25.3 Å². The quantitative estimate of drug-likeness (QED) is 0.810. The molecule has 0 saturated heterocycles. The number of benzene rings is 1. The minimum atomic E-state index is -1.03. The van der Waals surface area contributed by atoms with Crippen LogP contribution in [0.4, 0.5) is 0 Å². The number of aliphatic hydroxyl groups is 1. The summed E-state index contributed by atoms with van der Waals surface area (Å²) >= 11 is 0. The van der Waals surface area contributed by atoms with Gasteiger partial charge in [0.05, 0.1) is 12.7 Å². The third-order valence-electron chi connectivity index (χ3n) is 4.79. The molecular weight excluding hydrogens is 306 g/mol. The summed E-state index contributed by atoms with van der Waals surface area (Å²) in [6, 6.07) is 7.56. The van der Waals surface area contributed by atoms with Gasteiger partial charge in [-0.3, -0.25) is 4.79 Å². The fraction of sp³-hybridized carbons (Fsp3) is 0.632. The number of esters is 1. The zero-order chi connectivity index (χ0) is 17.7. The largest absolute Gasteiger partial charge is 0.497 e. The SMILES string of the molecule is CCC(=O)O[C@@H]1CC[C@@H](CN(C)C)[C@](O)(c2cccc(OC)c2)C1. The van der Waals surface area contributed by atoms with E-state index in [-0.39, 0.29) is 18.0 Å². The standard InChI is InChI=1S/C19H29NO4/c1-5-18(21)24-17-10-9-15(13-20(2)3)19(22,12-17)14-7-6-8-16(11-14)23-4/h6-8,11,15,17,22H,5,9-10,12-13H2,1-4H3/t15-,17+,19+/m0/s1. The number of carbonyl (C=O) groups excluding carboxylic acids is 1. The van der Waals surface area contributed by atoms with Crippen molar-refractivity contribution in [1.29, 1.82) is 0 Å². The van der Waals surface area contributed by atoms with Crippen LogP contribution in [0.2, 0.25) is 0 Å². The highest BCUT2D eigenvalue weighted by Crippen LogP contribution is 2.43. The lowest BCUT2D eigenvalue weighted by atomic mass is 9.70. The van der Waals surface area contributed by atoms with Crippen molar-refractivity contribution < 1.29 is 19.4 Å². The molecule has 3 atom stereocenters. The van der Waals surface area contributed by atoms with E-state index in [0.717, 1.165) is 30.7 Å². The molecule has 1 N–H and O–H groups in total. The van der Waals surface area contributed by atoms with Crippen molar-refractivity contribution in [2.75, 3.05) is 27.7 Å². The fourth-order valence-electron chi connectivity index (χ4n) is 3.54. The molecule has 0 aromatic heterocycles. The maximum atomic E-state index is 11.7. The lowest BCUT2D eigenvalue weighted by Crippen LogP contribution is -2.47. The summed E-state index contributed by atoms with van der Waals surface area (Å²) in [6.07, 6.45) is 2.14. The Balaban J connectivity index is 2.30. The molecule has 1 aliphatic carbocycles. The number of ether oxygens (including phenoxy) is 2. The van der Waals surface area contributed by atoms with E-state index in [4.69, 9.17) is 9.47 Å². The molecule has 134 valence electrons. The molecule has 0 heterocycles. The van der Waals surface area contributed by atoms with E-state index in [1.54, 1.807) is 14.0 Å². The van der Waals surface area contributed by atoms with E-state index in [2.05, 4.69) is 4.90 Å².